The highest BCUT2D eigenvalue weighted by Crippen LogP contribution is 2.33. The van der Waals surface area contributed by atoms with Crippen LogP contribution in [0.1, 0.15) is 35.3 Å². The number of nitrogens with zero attached hydrogens (tertiary/aromatic N) is 2. The molecule has 3 aromatic rings. The predicted molar refractivity (Wildman–Crippen MR) is 119 cm³/mol. The molecule has 1 amide bonds. The van der Waals surface area contributed by atoms with Crippen molar-refractivity contribution in [2.75, 3.05) is 11.9 Å². The Morgan fingerprint density at radius 3 is 2.72 bits per heavy atom. The van der Waals surface area contributed by atoms with Crippen LogP contribution in [0, 0.1) is 5.82 Å². The van der Waals surface area contributed by atoms with Gasteiger partial charge in [0.15, 0.2) is 0 Å². The lowest BCUT2D eigenvalue weighted by Gasteiger charge is -2.32. The maximum Gasteiger partial charge on any atom is 0.251 e. The summed E-state index contributed by atoms with van der Waals surface area (Å²) in [4.78, 5) is 20.9. The summed E-state index contributed by atoms with van der Waals surface area (Å²) in [7, 11) is -3.88. The molecule has 1 aliphatic heterocycles. The SMILES string of the molecule is CC1(C)CNC(=O)c2ccc(-c3ccnc(Nc4ccc(F)c(CS(N)(=O)=O)c4)n3)cc21. The molecule has 4 N–H and O–H groups in total. The Bertz CT molecular complexity index is 1320. The lowest BCUT2D eigenvalue weighted by Crippen LogP contribution is -2.43. The van der Waals surface area contributed by atoms with Gasteiger partial charge in [-0.3, -0.25) is 4.79 Å². The average molecular weight is 456 g/mol. The number of anilines is 2. The minimum atomic E-state index is -3.88. The molecule has 0 radical (unpaired) electrons. The molecule has 2 aromatic carbocycles. The van der Waals surface area contributed by atoms with Crippen LogP contribution in [0.2, 0.25) is 0 Å². The average Bonchev–Trinajstić information content (AvgIpc) is 2.72. The summed E-state index contributed by atoms with van der Waals surface area (Å²) in [5.74, 6) is -1.12. The van der Waals surface area contributed by atoms with Crippen molar-refractivity contribution in [2.45, 2.75) is 25.0 Å². The summed E-state index contributed by atoms with van der Waals surface area (Å²) in [6.07, 6.45) is 1.58. The first-order valence-electron chi connectivity index (χ1n) is 9.84. The zero-order chi connectivity index (χ0) is 23.1. The van der Waals surface area contributed by atoms with Crippen LogP contribution in [-0.2, 0) is 21.2 Å². The van der Waals surface area contributed by atoms with E-state index < -0.39 is 21.6 Å². The smallest absolute Gasteiger partial charge is 0.251 e. The van der Waals surface area contributed by atoms with Crippen LogP contribution in [-0.4, -0.2) is 30.8 Å². The first kappa shape index (κ1) is 21.8. The van der Waals surface area contributed by atoms with Gasteiger partial charge in [-0.15, -0.1) is 0 Å². The normalized spacial score (nSPS) is 15.1. The zero-order valence-corrected chi connectivity index (χ0v) is 18.3. The van der Waals surface area contributed by atoms with E-state index in [1.165, 1.54) is 12.1 Å². The molecule has 0 bridgehead atoms. The number of hydrogen-bond acceptors (Lipinski definition) is 6. The molecule has 0 fully saturated rings. The van der Waals surface area contributed by atoms with E-state index in [0.29, 0.717) is 23.5 Å². The number of primary sulfonamides is 1. The lowest BCUT2D eigenvalue weighted by atomic mass is 9.78. The number of aromatic nitrogens is 2. The van der Waals surface area contributed by atoms with Gasteiger partial charge in [0.2, 0.25) is 16.0 Å². The number of halogens is 1. The van der Waals surface area contributed by atoms with Crippen molar-refractivity contribution in [3.8, 4) is 11.3 Å². The van der Waals surface area contributed by atoms with Gasteiger partial charge < -0.3 is 10.6 Å². The van der Waals surface area contributed by atoms with Gasteiger partial charge in [-0.2, -0.15) is 0 Å². The summed E-state index contributed by atoms with van der Waals surface area (Å²) in [6.45, 7) is 4.68. The van der Waals surface area contributed by atoms with E-state index in [-0.39, 0.29) is 22.8 Å². The third kappa shape index (κ3) is 4.61. The van der Waals surface area contributed by atoms with Crippen LogP contribution >= 0.6 is 0 Å². The molecule has 32 heavy (non-hydrogen) atoms. The standard InChI is InChI=1S/C22H22FN5O3S/c1-22(2)12-26-20(29)16-5-3-13(10-17(16)22)19-7-8-25-21(28-19)27-15-4-6-18(23)14(9-15)11-32(24,30)31/h3-10H,11-12H2,1-2H3,(H,26,29)(H2,24,30,31)(H,25,27,28). The topological polar surface area (TPSA) is 127 Å². The molecule has 0 atom stereocenters. The summed E-state index contributed by atoms with van der Waals surface area (Å²) in [5.41, 5.74) is 3.20. The quantitative estimate of drug-likeness (QED) is 0.543. The monoisotopic (exact) mass is 455 g/mol. The lowest BCUT2D eigenvalue weighted by molar-refractivity contribution is 0.0930. The predicted octanol–water partition coefficient (Wildman–Crippen LogP) is 2.84. The third-order valence-corrected chi connectivity index (χ3v) is 6.01. The van der Waals surface area contributed by atoms with E-state index in [1.54, 1.807) is 18.3 Å². The van der Waals surface area contributed by atoms with E-state index in [9.17, 15) is 17.6 Å². The molecule has 166 valence electrons. The highest BCUT2D eigenvalue weighted by molar-refractivity contribution is 7.88. The highest BCUT2D eigenvalue weighted by atomic mass is 32.2. The molecule has 2 heterocycles. The summed E-state index contributed by atoms with van der Waals surface area (Å²) in [6, 6.07) is 11.3. The minimum Gasteiger partial charge on any atom is -0.351 e. The molecule has 8 nitrogen and oxygen atoms in total. The highest BCUT2D eigenvalue weighted by Gasteiger charge is 2.31. The zero-order valence-electron chi connectivity index (χ0n) is 17.5. The van der Waals surface area contributed by atoms with Crippen molar-refractivity contribution < 1.29 is 17.6 Å². The number of rotatable bonds is 5. The Kier molecular flexibility index (Phi) is 5.43. The largest absolute Gasteiger partial charge is 0.351 e. The number of hydrogen-bond donors (Lipinski definition) is 3. The maximum absolute atomic E-state index is 13.9. The number of fused-ring (bicyclic) bond motifs is 1. The fourth-order valence-corrected chi connectivity index (χ4v) is 4.30. The van der Waals surface area contributed by atoms with Crippen LogP contribution in [0.15, 0.2) is 48.7 Å². The van der Waals surface area contributed by atoms with Gasteiger partial charge >= 0.3 is 0 Å². The van der Waals surface area contributed by atoms with Crippen molar-refractivity contribution >= 4 is 27.6 Å². The van der Waals surface area contributed by atoms with Gasteiger partial charge in [-0.25, -0.2) is 27.9 Å². The maximum atomic E-state index is 13.9. The molecule has 0 saturated carbocycles. The Balaban J connectivity index is 1.64. The molecule has 4 rings (SSSR count). The molecule has 1 aliphatic rings. The molecule has 10 heteroatoms. The molecule has 0 spiro atoms. The minimum absolute atomic E-state index is 0.0520. The van der Waals surface area contributed by atoms with Gasteiger partial charge in [-0.1, -0.05) is 19.9 Å². The summed E-state index contributed by atoms with van der Waals surface area (Å²) in [5, 5.41) is 10.9. The fourth-order valence-electron chi connectivity index (χ4n) is 3.64. The van der Waals surface area contributed by atoms with Crippen LogP contribution in [0.4, 0.5) is 16.0 Å². The van der Waals surface area contributed by atoms with E-state index in [4.69, 9.17) is 5.14 Å². The van der Waals surface area contributed by atoms with Crippen molar-refractivity contribution in [3.63, 3.8) is 0 Å². The van der Waals surface area contributed by atoms with Crippen molar-refractivity contribution in [3.05, 3.63) is 71.2 Å². The van der Waals surface area contributed by atoms with Crippen molar-refractivity contribution in [1.82, 2.24) is 15.3 Å². The Morgan fingerprint density at radius 2 is 1.97 bits per heavy atom. The van der Waals surface area contributed by atoms with Crippen molar-refractivity contribution in [2.24, 2.45) is 5.14 Å². The molecular formula is C22H22FN5O3S. The number of nitrogens with one attached hydrogen (secondary N) is 2. The van der Waals surface area contributed by atoms with E-state index >= 15 is 0 Å². The van der Waals surface area contributed by atoms with Gasteiger partial charge in [0.05, 0.1) is 11.4 Å². The molecule has 0 unspecified atom stereocenters. The first-order chi connectivity index (χ1) is 15.0. The second-order valence-corrected chi connectivity index (χ2v) is 9.95. The van der Waals surface area contributed by atoms with E-state index in [1.807, 2.05) is 12.1 Å². The van der Waals surface area contributed by atoms with Crippen LogP contribution in [0.25, 0.3) is 11.3 Å². The van der Waals surface area contributed by atoms with E-state index in [2.05, 4.69) is 34.4 Å². The van der Waals surface area contributed by atoms with Gasteiger partial charge in [0.1, 0.15) is 5.82 Å². The summed E-state index contributed by atoms with van der Waals surface area (Å²) < 4.78 is 36.6. The van der Waals surface area contributed by atoms with Gasteiger partial charge in [-0.05, 0) is 42.0 Å². The molecular weight excluding hydrogens is 433 g/mol. The van der Waals surface area contributed by atoms with Crippen LogP contribution < -0.4 is 15.8 Å². The number of sulfonamides is 1. The van der Waals surface area contributed by atoms with Crippen molar-refractivity contribution in [1.29, 1.82) is 0 Å². The fraction of sp³-hybridized carbons (Fsp3) is 0.227. The van der Waals surface area contributed by atoms with Crippen LogP contribution in [0.3, 0.4) is 0 Å². The molecule has 1 aromatic heterocycles. The van der Waals surface area contributed by atoms with Crippen LogP contribution in [0.5, 0.6) is 0 Å². The van der Waals surface area contributed by atoms with Gasteiger partial charge in [0.25, 0.3) is 5.91 Å². The Labute approximate surface area is 185 Å². The number of carbonyl (C=O) groups is 1. The molecule has 0 aliphatic carbocycles. The third-order valence-electron chi connectivity index (χ3n) is 5.29. The number of carbonyl (C=O) groups excluding carboxylic acids is 1. The Hall–Kier alpha value is -3.37. The second-order valence-electron chi connectivity index (χ2n) is 8.33. The van der Waals surface area contributed by atoms with Gasteiger partial charge in [0, 0.05) is 40.5 Å². The number of benzene rings is 2. The Morgan fingerprint density at radius 1 is 1.19 bits per heavy atom. The first-order valence-corrected chi connectivity index (χ1v) is 11.6. The summed E-state index contributed by atoms with van der Waals surface area (Å²) >= 11 is 0. The number of nitrogens with two attached hydrogens (primary N) is 1. The molecule has 0 saturated heterocycles. The number of amides is 1. The second kappa shape index (κ2) is 7.95. The van der Waals surface area contributed by atoms with E-state index in [0.717, 1.165) is 17.2 Å².